The van der Waals surface area contributed by atoms with E-state index in [0.717, 1.165) is 5.69 Å². The van der Waals surface area contributed by atoms with Gasteiger partial charge in [-0.15, -0.1) is 11.3 Å². The number of anilines is 2. The van der Waals surface area contributed by atoms with Gasteiger partial charge in [0.05, 0.1) is 17.6 Å². The Morgan fingerprint density at radius 2 is 2.10 bits per heavy atom. The molecule has 0 aliphatic rings. The molecule has 0 unspecified atom stereocenters. The Hall–Kier alpha value is -2.02. The maximum absolute atomic E-state index is 12.3. The zero-order valence-electron chi connectivity index (χ0n) is 11.9. The van der Waals surface area contributed by atoms with Crippen molar-refractivity contribution in [3.63, 3.8) is 0 Å². The van der Waals surface area contributed by atoms with Gasteiger partial charge >= 0.3 is 0 Å². The number of nitrogens with one attached hydrogen (secondary N) is 2. The number of hydrogen-bond acceptors (Lipinski definition) is 6. The maximum atomic E-state index is 12.3. The highest BCUT2D eigenvalue weighted by atomic mass is 32.1. The zero-order valence-corrected chi connectivity index (χ0v) is 12.7. The molecule has 0 atom stereocenters. The molecule has 0 bridgehead atoms. The average Bonchev–Trinajstić information content (AvgIpc) is 2.83. The van der Waals surface area contributed by atoms with Gasteiger partial charge in [-0.1, -0.05) is 13.8 Å². The van der Waals surface area contributed by atoms with Crippen LogP contribution in [0.3, 0.4) is 0 Å². The van der Waals surface area contributed by atoms with Gasteiger partial charge in [0.1, 0.15) is 5.82 Å². The largest absolute Gasteiger partial charge is 0.385 e. The van der Waals surface area contributed by atoms with Crippen molar-refractivity contribution in [1.82, 2.24) is 15.0 Å². The number of aromatic nitrogens is 3. The lowest BCUT2D eigenvalue weighted by Gasteiger charge is -2.10. The van der Waals surface area contributed by atoms with Crippen molar-refractivity contribution in [3.8, 4) is 0 Å². The molecule has 7 heteroatoms. The van der Waals surface area contributed by atoms with Crippen LogP contribution in [0.4, 0.5) is 10.8 Å². The smallest absolute Gasteiger partial charge is 0.278 e. The molecule has 0 fully saturated rings. The normalized spacial score (nSPS) is 10.7. The van der Waals surface area contributed by atoms with Gasteiger partial charge in [-0.25, -0.2) is 15.0 Å². The number of rotatable bonds is 4. The van der Waals surface area contributed by atoms with Crippen LogP contribution in [0.5, 0.6) is 0 Å². The van der Waals surface area contributed by atoms with Crippen LogP contribution in [-0.4, -0.2) is 27.9 Å². The van der Waals surface area contributed by atoms with Gasteiger partial charge < -0.3 is 5.32 Å². The Balaban J connectivity index is 2.29. The van der Waals surface area contributed by atoms with E-state index in [1.165, 1.54) is 11.3 Å². The Morgan fingerprint density at radius 3 is 2.65 bits per heavy atom. The minimum Gasteiger partial charge on any atom is -0.385 e. The molecule has 6 nitrogen and oxygen atoms in total. The molecular formula is C13H17N5OS. The van der Waals surface area contributed by atoms with Crippen LogP contribution < -0.4 is 10.6 Å². The van der Waals surface area contributed by atoms with Crippen molar-refractivity contribution in [1.29, 1.82) is 0 Å². The molecule has 0 radical (unpaired) electrons. The summed E-state index contributed by atoms with van der Waals surface area (Å²) in [5.74, 6) is 0.520. The number of amides is 1. The van der Waals surface area contributed by atoms with E-state index in [2.05, 4.69) is 25.6 Å². The highest BCUT2D eigenvalue weighted by molar-refractivity contribution is 7.13. The standard InChI is InChI=1S/C13H17N5OS/c1-7(2)11-15-5-9(14-4)10(17-11)12(19)18-13-16-8(3)6-20-13/h5-7,14H,1-4H3,(H,16,18,19). The molecule has 0 aliphatic carbocycles. The second kappa shape index (κ2) is 5.96. The molecule has 0 spiro atoms. The van der Waals surface area contributed by atoms with E-state index in [-0.39, 0.29) is 11.8 Å². The fourth-order valence-corrected chi connectivity index (χ4v) is 2.28. The van der Waals surface area contributed by atoms with Gasteiger partial charge in [0, 0.05) is 18.3 Å². The summed E-state index contributed by atoms with van der Waals surface area (Å²) in [4.78, 5) is 25.1. The topological polar surface area (TPSA) is 79.8 Å². The highest BCUT2D eigenvalue weighted by Gasteiger charge is 2.17. The fourth-order valence-electron chi connectivity index (χ4n) is 1.60. The molecule has 0 saturated carbocycles. The lowest BCUT2D eigenvalue weighted by Crippen LogP contribution is -2.17. The second-order valence-electron chi connectivity index (χ2n) is 4.64. The van der Waals surface area contributed by atoms with Gasteiger partial charge in [-0.3, -0.25) is 10.1 Å². The first-order valence-corrected chi connectivity index (χ1v) is 7.17. The fraction of sp³-hybridized carbons (Fsp3) is 0.385. The zero-order chi connectivity index (χ0) is 14.7. The van der Waals surface area contributed by atoms with Crippen molar-refractivity contribution in [2.24, 2.45) is 0 Å². The number of carbonyl (C=O) groups excluding carboxylic acids is 1. The quantitative estimate of drug-likeness (QED) is 0.905. The number of aryl methyl sites for hydroxylation is 1. The third-order valence-corrected chi connectivity index (χ3v) is 3.52. The van der Waals surface area contributed by atoms with Gasteiger partial charge in [-0.2, -0.15) is 0 Å². The molecule has 20 heavy (non-hydrogen) atoms. The summed E-state index contributed by atoms with van der Waals surface area (Å²) in [5, 5.41) is 8.14. The minimum absolute atomic E-state index is 0.162. The van der Waals surface area contributed by atoms with Crippen LogP contribution in [0, 0.1) is 6.92 Å². The average molecular weight is 291 g/mol. The summed E-state index contributed by atoms with van der Waals surface area (Å²) in [7, 11) is 1.73. The molecule has 0 saturated heterocycles. The lowest BCUT2D eigenvalue weighted by atomic mass is 10.2. The molecule has 1 amide bonds. The van der Waals surface area contributed by atoms with Gasteiger partial charge in [0.15, 0.2) is 10.8 Å². The molecule has 2 rings (SSSR count). The number of nitrogens with zero attached hydrogens (tertiary/aromatic N) is 3. The third-order valence-electron chi connectivity index (χ3n) is 2.65. The Kier molecular flexibility index (Phi) is 4.29. The summed E-state index contributed by atoms with van der Waals surface area (Å²) in [6.07, 6.45) is 1.63. The van der Waals surface area contributed by atoms with Gasteiger partial charge in [-0.05, 0) is 6.92 Å². The lowest BCUT2D eigenvalue weighted by molar-refractivity contribution is 0.102. The third kappa shape index (κ3) is 3.11. The first kappa shape index (κ1) is 14.4. The molecule has 106 valence electrons. The van der Waals surface area contributed by atoms with Crippen molar-refractivity contribution in [2.45, 2.75) is 26.7 Å². The van der Waals surface area contributed by atoms with E-state index in [0.29, 0.717) is 22.3 Å². The summed E-state index contributed by atoms with van der Waals surface area (Å²) >= 11 is 1.39. The van der Waals surface area contributed by atoms with E-state index >= 15 is 0 Å². The maximum Gasteiger partial charge on any atom is 0.278 e. The predicted octanol–water partition coefficient (Wildman–Crippen LogP) is 2.66. The van der Waals surface area contributed by atoms with E-state index in [9.17, 15) is 4.79 Å². The Bertz CT molecular complexity index is 623. The van der Waals surface area contributed by atoms with E-state index in [1.54, 1.807) is 13.2 Å². The van der Waals surface area contributed by atoms with Crippen LogP contribution in [0.2, 0.25) is 0 Å². The van der Waals surface area contributed by atoms with Crippen molar-refractivity contribution in [2.75, 3.05) is 17.7 Å². The number of thiazole rings is 1. The van der Waals surface area contributed by atoms with Crippen LogP contribution in [0.15, 0.2) is 11.6 Å². The van der Waals surface area contributed by atoms with E-state index in [4.69, 9.17) is 0 Å². The van der Waals surface area contributed by atoms with Crippen LogP contribution in [0.1, 0.15) is 41.8 Å². The Morgan fingerprint density at radius 1 is 1.35 bits per heavy atom. The summed E-state index contributed by atoms with van der Waals surface area (Å²) < 4.78 is 0. The van der Waals surface area contributed by atoms with Crippen LogP contribution in [0.25, 0.3) is 0 Å². The van der Waals surface area contributed by atoms with Crippen LogP contribution >= 0.6 is 11.3 Å². The van der Waals surface area contributed by atoms with Crippen LogP contribution in [-0.2, 0) is 0 Å². The van der Waals surface area contributed by atoms with E-state index < -0.39 is 0 Å². The first-order chi connectivity index (χ1) is 9.51. The van der Waals surface area contributed by atoms with Crippen molar-refractivity contribution >= 4 is 28.1 Å². The van der Waals surface area contributed by atoms with Crippen molar-refractivity contribution in [3.05, 3.63) is 28.8 Å². The molecular weight excluding hydrogens is 274 g/mol. The molecule has 0 aromatic carbocycles. The molecule has 2 aromatic heterocycles. The molecule has 2 N–H and O–H groups in total. The van der Waals surface area contributed by atoms with Crippen molar-refractivity contribution < 1.29 is 4.79 Å². The minimum atomic E-state index is -0.284. The summed E-state index contributed by atoms with van der Waals surface area (Å²) in [6.45, 7) is 5.85. The molecule has 0 aliphatic heterocycles. The Labute approximate surface area is 121 Å². The van der Waals surface area contributed by atoms with Gasteiger partial charge in [0.2, 0.25) is 0 Å². The SMILES string of the molecule is CNc1cnc(C(C)C)nc1C(=O)Nc1nc(C)cs1. The van der Waals surface area contributed by atoms with E-state index in [1.807, 2.05) is 26.2 Å². The van der Waals surface area contributed by atoms with Gasteiger partial charge in [0.25, 0.3) is 5.91 Å². The highest BCUT2D eigenvalue weighted by Crippen LogP contribution is 2.19. The number of carbonyl (C=O) groups is 1. The molecule has 2 aromatic rings. The number of hydrogen-bond donors (Lipinski definition) is 2. The summed E-state index contributed by atoms with van der Waals surface area (Å²) in [6, 6.07) is 0. The second-order valence-corrected chi connectivity index (χ2v) is 5.50. The monoisotopic (exact) mass is 291 g/mol. The predicted molar refractivity (Wildman–Crippen MR) is 80.5 cm³/mol. The molecule has 2 heterocycles. The first-order valence-electron chi connectivity index (χ1n) is 6.29. The summed E-state index contributed by atoms with van der Waals surface area (Å²) in [5.41, 5.74) is 1.81.